The molecule has 1 amide bonds. The Morgan fingerprint density at radius 2 is 2.00 bits per heavy atom. The van der Waals surface area contributed by atoms with E-state index in [2.05, 4.69) is 16.4 Å². The molecule has 2 heterocycles. The van der Waals surface area contributed by atoms with Gasteiger partial charge in [-0.25, -0.2) is 4.98 Å². The van der Waals surface area contributed by atoms with Crippen molar-refractivity contribution in [3.63, 3.8) is 0 Å². The van der Waals surface area contributed by atoms with E-state index in [4.69, 9.17) is 0 Å². The van der Waals surface area contributed by atoms with Crippen LogP contribution in [0.4, 0.5) is 10.2 Å². The smallest absolute Gasteiger partial charge is 0.222 e. The predicted molar refractivity (Wildman–Crippen MR) is 82.6 cm³/mol. The van der Waals surface area contributed by atoms with E-state index in [1.807, 2.05) is 23.1 Å². The van der Waals surface area contributed by atoms with Crippen molar-refractivity contribution in [3.05, 3.63) is 59.5 Å². The summed E-state index contributed by atoms with van der Waals surface area (Å²) in [5.74, 6) is 0.249. The summed E-state index contributed by atoms with van der Waals surface area (Å²) in [6, 6.07) is 12.7. The van der Waals surface area contributed by atoms with Gasteiger partial charge in [0.05, 0.1) is 0 Å². The lowest BCUT2D eigenvalue weighted by Crippen LogP contribution is -2.23. The van der Waals surface area contributed by atoms with Crippen LogP contribution < -0.4 is 5.32 Å². The Morgan fingerprint density at radius 3 is 2.77 bits per heavy atom. The first-order chi connectivity index (χ1) is 10.7. The van der Waals surface area contributed by atoms with Gasteiger partial charge in [-0.1, -0.05) is 30.3 Å². The number of hydrogen-bond acceptors (Lipinski definition) is 3. The van der Waals surface area contributed by atoms with Gasteiger partial charge < -0.3 is 10.2 Å². The second kappa shape index (κ2) is 6.56. The van der Waals surface area contributed by atoms with Gasteiger partial charge >= 0.3 is 0 Å². The molecule has 0 spiro atoms. The van der Waals surface area contributed by atoms with E-state index in [-0.39, 0.29) is 5.91 Å². The van der Waals surface area contributed by atoms with Gasteiger partial charge in [-0.05, 0) is 29.7 Å². The van der Waals surface area contributed by atoms with Gasteiger partial charge in [0.15, 0.2) is 0 Å². The Kier molecular flexibility index (Phi) is 4.32. The third-order valence-corrected chi connectivity index (χ3v) is 3.72. The van der Waals surface area contributed by atoms with E-state index in [0.29, 0.717) is 25.3 Å². The first-order valence-electron chi connectivity index (χ1n) is 7.43. The summed E-state index contributed by atoms with van der Waals surface area (Å²) in [6.07, 6.45) is 1.61. The summed E-state index contributed by atoms with van der Waals surface area (Å²) in [5.41, 5.74) is 2.19. The summed E-state index contributed by atoms with van der Waals surface area (Å²) in [7, 11) is 0. The number of carbonyl (C=O) groups is 1. The summed E-state index contributed by atoms with van der Waals surface area (Å²) in [6.45, 7) is 2.07. The first kappa shape index (κ1) is 14.5. The highest BCUT2D eigenvalue weighted by Crippen LogP contribution is 2.16. The fourth-order valence-corrected chi connectivity index (χ4v) is 2.63. The fourth-order valence-electron chi connectivity index (χ4n) is 2.63. The van der Waals surface area contributed by atoms with Gasteiger partial charge in [0, 0.05) is 26.1 Å². The molecule has 0 radical (unpaired) electrons. The van der Waals surface area contributed by atoms with Crippen LogP contribution in [0.3, 0.4) is 0 Å². The Morgan fingerprint density at radius 1 is 1.18 bits per heavy atom. The van der Waals surface area contributed by atoms with Gasteiger partial charge in [0.25, 0.3) is 0 Å². The fraction of sp³-hybridized carbons (Fsp3) is 0.294. The molecule has 0 bridgehead atoms. The second-order valence-corrected chi connectivity index (χ2v) is 5.44. The number of nitrogens with zero attached hydrogens (tertiary/aromatic N) is 2. The quantitative estimate of drug-likeness (QED) is 0.863. The number of pyridine rings is 1. The van der Waals surface area contributed by atoms with Crippen molar-refractivity contribution in [2.24, 2.45) is 0 Å². The number of aromatic nitrogens is 1. The van der Waals surface area contributed by atoms with Gasteiger partial charge in [0.2, 0.25) is 11.9 Å². The van der Waals surface area contributed by atoms with Crippen molar-refractivity contribution in [2.45, 2.75) is 25.9 Å². The third-order valence-electron chi connectivity index (χ3n) is 3.72. The van der Waals surface area contributed by atoms with Crippen LogP contribution in [-0.4, -0.2) is 22.3 Å². The Balaban J connectivity index is 1.62. The van der Waals surface area contributed by atoms with Gasteiger partial charge in [-0.15, -0.1) is 0 Å². The Labute approximate surface area is 129 Å². The normalized spacial score (nSPS) is 14.4. The van der Waals surface area contributed by atoms with Crippen LogP contribution in [0.2, 0.25) is 0 Å². The number of halogens is 1. The lowest BCUT2D eigenvalue weighted by molar-refractivity contribution is -0.128. The molecule has 5 heteroatoms. The van der Waals surface area contributed by atoms with E-state index in [1.54, 1.807) is 12.1 Å². The molecule has 1 aliphatic heterocycles. The lowest BCUT2D eigenvalue weighted by Gasteiger charge is -2.16. The zero-order valence-corrected chi connectivity index (χ0v) is 12.3. The van der Waals surface area contributed by atoms with Gasteiger partial charge in [-0.3, -0.25) is 4.79 Å². The molecule has 0 unspecified atom stereocenters. The van der Waals surface area contributed by atoms with Crippen molar-refractivity contribution in [3.8, 4) is 0 Å². The highest BCUT2D eigenvalue weighted by Gasteiger charge is 2.19. The molecule has 1 N–H and O–H groups in total. The van der Waals surface area contributed by atoms with Crippen molar-refractivity contribution in [1.29, 1.82) is 0 Å². The molecule has 22 heavy (non-hydrogen) atoms. The molecular weight excluding hydrogens is 281 g/mol. The molecule has 1 saturated heterocycles. The molecule has 1 fully saturated rings. The average molecular weight is 299 g/mol. The zero-order chi connectivity index (χ0) is 15.4. The Hall–Kier alpha value is -2.43. The largest absolute Gasteiger partial charge is 0.366 e. The van der Waals surface area contributed by atoms with Crippen LogP contribution in [0.5, 0.6) is 0 Å². The molecule has 0 aliphatic carbocycles. The van der Waals surface area contributed by atoms with E-state index in [0.717, 1.165) is 24.1 Å². The lowest BCUT2D eigenvalue weighted by atomic mass is 10.1. The molecule has 1 aliphatic rings. The number of likely N-dealkylation sites (tertiary alicyclic amines) is 1. The van der Waals surface area contributed by atoms with Gasteiger partial charge in [-0.2, -0.15) is 4.39 Å². The topological polar surface area (TPSA) is 45.2 Å². The number of nitrogens with one attached hydrogen (secondary N) is 1. The maximum Gasteiger partial charge on any atom is 0.222 e. The van der Waals surface area contributed by atoms with E-state index < -0.39 is 5.95 Å². The van der Waals surface area contributed by atoms with Crippen LogP contribution >= 0.6 is 0 Å². The highest BCUT2D eigenvalue weighted by atomic mass is 19.1. The Bertz CT molecular complexity index is 674. The van der Waals surface area contributed by atoms with E-state index in [9.17, 15) is 9.18 Å². The molecule has 1 aromatic heterocycles. The standard InChI is InChI=1S/C17H18FN3O/c18-15-6-2-7-16(20-15)19-11-13-4-1-5-14(10-13)12-21-9-3-8-17(21)22/h1-2,4-7,10H,3,8-9,11-12H2,(H,19,20). The van der Waals surface area contributed by atoms with E-state index >= 15 is 0 Å². The van der Waals surface area contributed by atoms with Crippen LogP contribution in [0.25, 0.3) is 0 Å². The van der Waals surface area contributed by atoms with Crippen molar-refractivity contribution < 1.29 is 9.18 Å². The summed E-state index contributed by atoms with van der Waals surface area (Å²) in [4.78, 5) is 17.3. The van der Waals surface area contributed by atoms with Crippen molar-refractivity contribution in [1.82, 2.24) is 9.88 Å². The molecule has 0 atom stereocenters. The van der Waals surface area contributed by atoms with Crippen LogP contribution in [-0.2, 0) is 17.9 Å². The molecule has 2 aromatic rings. The molecule has 1 aromatic carbocycles. The van der Waals surface area contributed by atoms with Crippen molar-refractivity contribution in [2.75, 3.05) is 11.9 Å². The number of anilines is 1. The minimum absolute atomic E-state index is 0.229. The number of amides is 1. The number of hydrogen-bond donors (Lipinski definition) is 1. The average Bonchev–Trinajstić information content (AvgIpc) is 2.91. The number of benzene rings is 1. The summed E-state index contributed by atoms with van der Waals surface area (Å²) < 4.78 is 13.0. The molecule has 0 saturated carbocycles. The van der Waals surface area contributed by atoms with Gasteiger partial charge in [0.1, 0.15) is 5.82 Å². The predicted octanol–water partition coefficient (Wildman–Crippen LogP) is 2.96. The third kappa shape index (κ3) is 3.61. The van der Waals surface area contributed by atoms with E-state index in [1.165, 1.54) is 6.07 Å². The summed E-state index contributed by atoms with van der Waals surface area (Å²) >= 11 is 0. The second-order valence-electron chi connectivity index (χ2n) is 5.44. The molecule has 4 nitrogen and oxygen atoms in total. The SMILES string of the molecule is O=C1CCCN1Cc1cccc(CNc2cccc(F)n2)c1. The molecule has 3 rings (SSSR count). The zero-order valence-electron chi connectivity index (χ0n) is 12.3. The maximum atomic E-state index is 13.0. The number of rotatable bonds is 5. The molecule has 114 valence electrons. The minimum atomic E-state index is -0.494. The molecular formula is C17H18FN3O. The summed E-state index contributed by atoms with van der Waals surface area (Å²) in [5, 5.41) is 3.10. The first-order valence-corrected chi connectivity index (χ1v) is 7.43. The minimum Gasteiger partial charge on any atom is -0.366 e. The monoisotopic (exact) mass is 299 g/mol. The van der Waals surface area contributed by atoms with Crippen LogP contribution in [0.1, 0.15) is 24.0 Å². The number of carbonyl (C=O) groups excluding carboxylic acids is 1. The van der Waals surface area contributed by atoms with Crippen LogP contribution in [0, 0.1) is 5.95 Å². The van der Waals surface area contributed by atoms with Crippen LogP contribution in [0.15, 0.2) is 42.5 Å². The highest BCUT2D eigenvalue weighted by molar-refractivity contribution is 5.78. The van der Waals surface area contributed by atoms with Crippen molar-refractivity contribution >= 4 is 11.7 Å². The maximum absolute atomic E-state index is 13.0.